The summed E-state index contributed by atoms with van der Waals surface area (Å²) in [6.45, 7) is 4.75. The Morgan fingerprint density at radius 2 is 2.22 bits per heavy atom. The van der Waals surface area contributed by atoms with E-state index in [-0.39, 0.29) is 0 Å². The smallest absolute Gasteiger partial charge is 0.151 e. The van der Waals surface area contributed by atoms with E-state index in [9.17, 15) is 0 Å². The lowest BCUT2D eigenvalue weighted by Gasteiger charge is -1.86. The van der Waals surface area contributed by atoms with Crippen molar-refractivity contribution in [1.82, 2.24) is 15.0 Å². The van der Waals surface area contributed by atoms with Crippen LogP contribution in [0.25, 0.3) is 0 Å². The van der Waals surface area contributed by atoms with Gasteiger partial charge in [0.25, 0.3) is 0 Å². The van der Waals surface area contributed by atoms with Crippen LogP contribution >= 0.6 is 15.9 Å². The summed E-state index contributed by atoms with van der Waals surface area (Å²) in [4.78, 5) is 1.65. The van der Waals surface area contributed by atoms with E-state index < -0.39 is 0 Å². The Hall–Kier alpha value is -0.380. The minimum absolute atomic E-state index is 0.826. The fourth-order valence-corrected chi connectivity index (χ4v) is 0.814. The van der Waals surface area contributed by atoms with Crippen LogP contribution in [0.15, 0.2) is 4.60 Å². The highest BCUT2D eigenvalue weighted by molar-refractivity contribution is 9.10. The predicted molar refractivity (Wildman–Crippen MR) is 38.1 cm³/mol. The molecule has 9 heavy (non-hydrogen) atoms. The molecule has 50 valence electrons. The van der Waals surface area contributed by atoms with Crippen LogP contribution in [-0.2, 0) is 6.54 Å². The van der Waals surface area contributed by atoms with E-state index in [2.05, 4.69) is 26.1 Å². The first kappa shape index (κ1) is 6.74. The van der Waals surface area contributed by atoms with Gasteiger partial charge in [-0.2, -0.15) is 9.90 Å². The molecule has 0 aromatic carbocycles. The van der Waals surface area contributed by atoms with Gasteiger partial charge in [-0.05, 0) is 29.8 Å². The summed E-state index contributed by atoms with van der Waals surface area (Å²) in [7, 11) is 0. The quantitative estimate of drug-likeness (QED) is 0.669. The van der Waals surface area contributed by atoms with Crippen molar-refractivity contribution < 1.29 is 0 Å². The van der Waals surface area contributed by atoms with Gasteiger partial charge >= 0.3 is 0 Å². The molecular weight excluding hydrogens is 182 g/mol. The van der Waals surface area contributed by atoms with E-state index in [0.29, 0.717) is 0 Å². The number of hydrogen-bond acceptors (Lipinski definition) is 2. The molecule has 3 nitrogen and oxygen atoms in total. The van der Waals surface area contributed by atoms with Crippen LogP contribution in [0.4, 0.5) is 0 Å². The van der Waals surface area contributed by atoms with E-state index >= 15 is 0 Å². The molecule has 0 aliphatic heterocycles. The summed E-state index contributed by atoms with van der Waals surface area (Å²) < 4.78 is 0.837. The molecule has 0 aliphatic rings. The molecule has 0 unspecified atom stereocenters. The first-order chi connectivity index (χ1) is 4.24. The van der Waals surface area contributed by atoms with Gasteiger partial charge in [0.05, 0.1) is 12.2 Å². The monoisotopic (exact) mass is 189 g/mol. The fourth-order valence-electron chi connectivity index (χ4n) is 0.552. The first-order valence-electron chi connectivity index (χ1n) is 2.81. The van der Waals surface area contributed by atoms with Gasteiger partial charge in [-0.3, -0.25) is 0 Å². The zero-order valence-corrected chi connectivity index (χ0v) is 7.01. The number of nitrogens with zero attached hydrogens (tertiary/aromatic N) is 3. The topological polar surface area (TPSA) is 30.7 Å². The average Bonchev–Trinajstić information content (AvgIpc) is 2.13. The highest BCUT2D eigenvalue weighted by Crippen LogP contribution is 2.07. The Kier molecular flexibility index (Phi) is 1.85. The standard InChI is InChI=1S/C5H8BrN3/c1-3-9-7-4(2)5(6)8-9/h3H2,1-2H3. The van der Waals surface area contributed by atoms with E-state index in [1.165, 1.54) is 0 Å². The van der Waals surface area contributed by atoms with Crippen LogP contribution in [0.1, 0.15) is 12.6 Å². The molecule has 1 heterocycles. The predicted octanol–water partition coefficient (Wildman–Crippen LogP) is 1.37. The molecule has 1 aromatic rings. The number of aryl methyl sites for hydroxylation is 2. The van der Waals surface area contributed by atoms with Crippen molar-refractivity contribution >= 4 is 15.9 Å². The van der Waals surface area contributed by atoms with Gasteiger partial charge in [0.2, 0.25) is 0 Å². The third-order valence-corrected chi connectivity index (χ3v) is 1.78. The minimum atomic E-state index is 0.826. The van der Waals surface area contributed by atoms with Gasteiger partial charge < -0.3 is 0 Å². The van der Waals surface area contributed by atoms with Crippen molar-refractivity contribution in [1.29, 1.82) is 0 Å². The summed E-state index contributed by atoms with van der Waals surface area (Å²) in [5, 5.41) is 8.14. The van der Waals surface area contributed by atoms with Crippen LogP contribution in [0, 0.1) is 6.92 Å². The number of halogens is 1. The largest absolute Gasteiger partial charge is 0.184 e. The third kappa shape index (κ3) is 1.30. The first-order valence-corrected chi connectivity index (χ1v) is 3.60. The molecule has 1 rings (SSSR count). The van der Waals surface area contributed by atoms with Crippen molar-refractivity contribution in [2.75, 3.05) is 0 Å². The lowest BCUT2D eigenvalue weighted by molar-refractivity contribution is 0.564. The molecular formula is C5H8BrN3. The van der Waals surface area contributed by atoms with Gasteiger partial charge in [-0.25, -0.2) is 0 Å². The molecule has 0 amide bonds. The van der Waals surface area contributed by atoms with E-state index in [0.717, 1.165) is 16.8 Å². The van der Waals surface area contributed by atoms with E-state index in [1.807, 2.05) is 13.8 Å². The molecule has 1 aromatic heterocycles. The van der Waals surface area contributed by atoms with Crippen LogP contribution in [0.5, 0.6) is 0 Å². The van der Waals surface area contributed by atoms with Gasteiger partial charge in [0.15, 0.2) is 4.60 Å². The van der Waals surface area contributed by atoms with E-state index in [1.54, 1.807) is 4.80 Å². The Bertz CT molecular complexity index is 186. The van der Waals surface area contributed by atoms with Crippen LogP contribution in [0.2, 0.25) is 0 Å². The molecule has 0 bridgehead atoms. The zero-order chi connectivity index (χ0) is 6.85. The van der Waals surface area contributed by atoms with E-state index in [4.69, 9.17) is 0 Å². The summed E-state index contributed by atoms with van der Waals surface area (Å²) in [5.41, 5.74) is 0.942. The Balaban J connectivity index is 2.98. The third-order valence-electron chi connectivity index (χ3n) is 1.05. The molecule has 4 heteroatoms. The highest BCUT2D eigenvalue weighted by atomic mass is 79.9. The van der Waals surface area contributed by atoms with Crippen molar-refractivity contribution in [2.24, 2.45) is 0 Å². The second-order valence-corrected chi connectivity index (χ2v) is 2.52. The summed E-state index contributed by atoms with van der Waals surface area (Å²) in [6, 6.07) is 0. The van der Waals surface area contributed by atoms with Gasteiger partial charge in [-0.1, -0.05) is 0 Å². The lowest BCUT2D eigenvalue weighted by atomic mass is 10.6. The Morgan fingerprint density at radius 3 is 2.44 bits per heavy atom. The summed E-state index contributed by atoms with van der Waals surface area (Å²) in [5.74, 6) is 0. The molecule has 0 fully saturated rings. The molecule has 0 radical (unpaired) electrons. The van der Waals surface area contributed by atoms with Crippen molar-refractivity contribution in [3.8, 4) is 0 Å². The number of rotatable bonds is 1. The molecule has 0 saturated carbocycles. The molecule has 0 saturated heterocycles. The van der Waals surface area contributed by atoms with Crippen molar-refractivity contribution in [2.45, 2.75) is 20.4 Å². The second kappa shape index (κ2) is 2.47. The lowest BCUT2D eigenvalue weighted by Crippen LogP contribution is -1.97. The van der Waals surface area contributed by atoms with Gasteiger partial charge in [0.1, 0.15) is 0 Å². The maximum Gasteiger partial charge on any atom is 0.151 e. The second-order valence-electron chi connectivity index (χ2n) is 1.76. The maximum atomic E-state index is 4.09. The average molecular weight is 190 g/mol. The molecule has 0 aliphatic carbocycles. The minimum Gasteiger partial charge on any atom is -0.184 e. The molecule has 0 N–H and O–H groups in total. The van der Waals surface area contributed by atoms with Gasteiger partial charge in [0, 0.05) is 0 Å². The highest BCUT2D eigenvalue weighted by Gasteiger charge is 1.99. The summed E-state index contributed by atoms with van der Waals surface area (Å²) >= 11 is 3.26. The van der Waals surface area contributed by atoms with Crippen LogP contribution in [-0.4, -0.2) is 15.0 Å². The number of aromatic nitrogens is 3. The number of hydrogen-bond donors (Lipinski definition) is 0. The zero-order valence-electron chi connectivity index (χ0n) is 5.43. The van der Waals surface area contributed by atoms with Crippen LogP contribution in [0.3, 0.4) is 0 Å². The van der Waals surface area contributed by atoms with Crippen molar-refractivity contribution in [3.05, 3.63) is 10.3 Å². The Morgan fingerprint density at radius 1 is 1.56 bits per heavy atom. The fraction of sp³-hybridized carbons (Fsp3) is 0.600. The summed E-state index contributed by atoms with van der Waals surface area (Å²) in [6.07, 6.45) is 0. The molecule has 0 atom stereocenters. The van der Waals surface area contributed by atoms with Crippen LogP contribution < -0.4 is 0 Å². The normalized spacial score (nSPS) is 10.1. The SMILES string of the molecule is CCn1nc(C)c(Br)n1. The molecule has 0 spiro atoms. The Labute approximate surface area is 62.2 Å². The van der Waals surface area contributed by atoms with Gasteiger partial charge in [-0.15, -0.1) is 5.10 Å². The van der Waals surface area contributed by atoms with Crippen molar-refractivity contribution in [3.63, 3.8) is 0 Å². The maximum absolute atomic E-state index is 4.09.